The third kappa shape index (κ3) is 5.75. The minimum atomic E-state index is -1.78. The average Bonchev–Trinajstić information content (AvgIpc) is 3.09. The van der Waals surface area contributed by atoms with E-state index in [1.165, 1.54) is 19.6 Å². The molecule has 4 N–H and O–H groups in total. The smallest absolute Gasteiger partial charge is 0.330 e. The van der Waals surface area contributed by atoms with Crippen molar-refractivity contribution in [2.24, 2.45) is 23.7 Å². The van der Waals surface area contributed by atoms with E-state index in [1.54, 1.807) is 37.5 Å². The lowest BCUT2D eigenvalue weighted by atomic mass is 9.47. The lowest BCUT2D eigenvalue weighted by molar-refractivity contribution is -0.645. The highest BCUT2D eigenvalue weighted by Crippen LogP contribution is 2.70. The largest absolute Gasteiger partial charge is 0.487 e. The van der Waals surface area contributed by atoms with Crippen LogP contribution in [0, 0.1) is 23.7 Å². The maximum atomic E-state index is 12.0. The van der Waals surface area contributed by atoms with Crippen LogP contribution in [0.4, 0.5) is 0 Å². The highest BCUT2D eigenvalue weighted by atomic mass is 35.5. The van der Waals surface area contributed by atoms with Gasteiger partial charge in [-0.25, -0.2) is 9.68 Å². The number of aliphatic hydroxyl groups excluding tert-OH is 3. The molecule has 2 aliphatic heterocycles. The van der Waals surface area contributed by atoms with Crippen LogP contribution in [0.3, 0.4) is 0 Å². The minimum Gasteiger partial charge on any atom is -0.487 e. The van der Waals surface area contributed by atoms with Gasteiger partial charge in [0.1, 0.15) is 35.9 Å². The first-order chi connectivity index (χ1) is 23.6. The van der Waals surface area contributed by atoms with Gasteiger partial charge in [0.05, 0.1) is 25.3 Å². The summed E-state index contributed by atoms with van der Waals surface area (Å²) in [6.45, 7) is -1.15. The normalized spacial score (nSPS) is 37.7. The van der Waals surface area contributed by atoms with Crippen molar-refractivity contribution >= 4 is 23.6 Å². The quantitative estimate of drug-likeness (QED) is 0.153. The van der Waals surface area contributed by atoms with Gasteiger partial charge in [0.15, 0.2) is 5.60 Å². The Balaban J connectivity index is 1.12. The molecule has 0 amide bonds. The molecule has 4 unspecified atom stereocenters. The van der Waals surface area contributed by atoms with Crippen molar-refractivity contribution in [3.63, 3.8) is 0 Å². The summed E-state index contributed by atoms with van der Waals surface area (Å²) in [6.07, 6.45) is 4.67. The van der Waals surface area contributed by atoms with Crippen LogP contribution in [0.25, 0.3) is 6.08 Å². The lowest BCUT2D eigenvalue weighted by Crippen LogP contribution is -2.76. The molecule has 1 spiro atoms. The Morgan fingerprint density at radius 1 is 1.00 bits per heavy atom. The van der Waals surface area contributed by atoms with Gasteiger partial charge in [-0.1, -0.05) is 35.9 Å². The fraction of sp³-hybridized carbons (Fsp3) is 0.583. The van der Waals surface area contributed by atoms with Gasteiger partial charge in [-0.2, -0.15) is 4.89 Å². The Morgan fingerprint density at radius 2 is 1.69 bits per heavy atom. The summed E-state index contributed by atoms with van der Waals surface area (Å²) in [4.78, 5) is 24.1. The number of benzene rings is 2. The molecule has 266 valence electrons. The van der Waals surface area contributed by atoms with E-state index in [0.717, 1.165) is 31.2 Å². The summed E-state index contributed by atoms with van der Waals surface area (Å²) in [7, 11) is 2.92. The summed E-state index contributed by atoms with van der Waals surface area (Å²) in [6, 6.07) is 10.5. The number of halogens is 1. The zero-order valence-corrected chi connectivity index (χ0v) is 28.2. The van der Waals surface area contributed by atoms with E-state index in [1.807, 2.05) is 12.1 Å². The van der Waals surface area contributed by atoms with Crippen LogP contribution < -0.4 is 9.47 Å². The van der Waals surface area contributed by atoms with Gasteiger partial charge in [0.25, 0.3) is 5.79 Å². The molecule has 12 nitrogen and oxygen atoms in total. The first-order valence-corrected chi connectivity index (χ1v) is 17.1. The van der Waals surface area contributed by atoms with E-state index in [4.69, 9.17) is 45.1 Å². The van der Waals surface area contributed by atoms with Crippen LogP contribution in [-0.2, 0) is 41.2 Å². The van der Waals surface area contributed by atoms with E-state index in [2.05, 4.69) is 0 Å². The van der Waals surface area contributed by atoms with Crippen molar-refractivity contribution < 1.29 is 58.7 Å². The number of carbonyl (C=O) groups is 1. The van der Waals surface area contributed by atoms with Crippen molar-refractivity contribution in [2.75, 3.05) is 27.4 Å². The molecule has 49 heavy (non-hydrogen) atoms. The number of aliphatic hydroxyl groups is 4. The van der Waals surface area contributed by atoms with Crippen LogP contribution in [0.1, 0.15) is 55.2 Å². The maximum absolute atomic E-state index is 12.0. The van der Waals surface area contributed by atoms with Crippen LogP contribution >= 0.6 is 11.6 Å². The molecule has 4 aliphatic carbocycles. The monoisotopic (exact) mass is 702 g/mol. The van der Waals surface area contributed by atoms with Crippen molar-refractivity contribution in [3.8, 4) is 11.5 Å². The number of ether oxygens (including phenoxy) is 5. The molecule has 4 bridgehead atoms. The van der Waals surface area contributed by atoms with Gasteiger partial charge < -0.3 is 44.1 Å². The van der Waals surface area contributed by atoms with Gasteiger partial charge in [0, 0.05) is 30.7 Å². The number of rotatable bonds is 11. The minimum absolute atomic E-state index is 0.0955. The van der Waals surface area contributed by atoms with E-state index in [0.29, 0.717) is 34.5 Å². The van der Waals surface area contributed by atoms with Crippen molar-refractivity contribution in [2.45, 2.75) is 80.6 Å². The number of carbonyl (C=O) groups excluding carboxylic acids is 1. The van der Waals surface area contributed by atoms with Crippen LogP contribution in [0.2, 0.25) is 5.02 Å². The molecule has 2 heterocycles. The highest BCUT2D eigenvalue weighted by molar-refractivity contribution is 6.33. The van der Waals surface area contributed by atoms with E-state index < -0.39 is 54.7 Å². The molecule has 8 rings (SSSR count). The Kier molecular flexibility index (Phi) is 9.48. The topological polar surface area (TPSA) is 163 Å². The summed E-state index contributed by atoms with van der Waals surface area (Å²) < 4.78 is 28.8. The number of hydrogen-bond donors (Lipinski definition) is 4. The van der Waals surface area contributed by atoms with Crippen molar-refractivity contribution in [1.82, 2.24) is 0 Å². The summed E-state index contributed by atoms with van der Waals surface area (Å²) in [5.74, 6) is 0.919. The standard InChI is InChI=1S/C36H43ClO12/c1-43-30(41)10-6-23-5-9-27(36(44-2)35(48-49-36)24-12-21-11-22(14-24)15-25(35)13-21)31(37)32(23)45-18-20-3-7-26(8-4-20)46-33-28(40)16-34(42,19-39)29(17-38)47-33/h3-10,21-22,24-25,28-29,33,38-40,42H,11-19H2,1-2H3/b10-6+/t21?,22?,24?,25?,28?,29?,33-,34?,35?,36?/m1/s1. The lowest BCUT2D eigenvalue weighted by Gasteiger charge is -2.68. The average molecular weight is 703 g/mol. The molecule has 0 aromatic heterocycles. The second kappa shape index (κ2) is 13.4. The molecule has 2 aromatic rings. The van der Waals surface area contributed by atoms with E-state index in [-0.39, 0.29) is 29.9 Å². The Labute approximate surface area is 289 Å². The fourth-order valence-corrected chi connectivity index (χ4v) is 9.42. The highest BCUT2D eigenvalue weighted by Gasteiger charge is 2.77. The summed E-state index contributed by atoms with van der Waals surface area (Å²) in [5.41, 5.74) is -0.528. The van der Waals surface area contributed by atoms with Gasteiger partial charge in [-0.3, -0.25) is 0 Å². The number of hydrogen-bond acceptors (Lipinski definition) is 12. The molecule has 2 saturated heterocycles. The first kappa shape index (κ1) is 34.7. The first-order valence-electron chi connectivity index (χ1n) is 16.8. The molecular formula is C36H43ClO12. The number of methoxy groups -OCH3 is 2. The predicted molar refractivity (Wildman–Crippen MR) is 173 cm³/mol. The van der Waals surface area contributed by atoms with Gasteiger partial charge in [-0.15, -0.1) is 0 Å². The zero-order chi connectivity index (χ0) is 34.6. The van der Waals surface area contributed by atoms with E-state index >= 15 is 0 Å². The summed E-state index contributed by atoms with van der Waals surface area (Å²) in [5, 5.41) is 40.4. The summed E-state index contributed by atoms with van der Waals surface area (Å²) >= 11 is 7.20. The zero-order valence-electron chi connectivity index (χ0n) is 27.5. The van der Waals surface area contributed by atoms with Crippen LogP contribution in [-0.4, -0.2) is 83.5 Å². The Hall–Kier alpha value is -2.78. The Morgan fingerprint density at radius 3 is 2.27 bits per heavy atom. The molecule has 13 heteroatoms. The van der Waals surface area contributed by atoms with Crippen LogP contribution in [0.15, 0.2) is 42.5 Å². The number of esters is 1. The molecule has 2 aromatic carbocycles. The van der Waals surface area contributed by atoms with Crippen molar-refractivity contribution in [1.29, 1.82) is 0 Å². The third-order valence-corrected chi connectivity index (χ3v) is 11.7. The molecule has 0 radical (unpaired) electrons. The fourth-order valence-electron chi connectivity index (χ4n) is 9.07. The molecule has 5 atom stereocenters. The van der Waals surface area contributed by atoms with Crippen molar-refractivity contribution in [3.05, 3.63) is 64.2 Å². The predicted octanol–water partition coefficient (Wildman–Crippen LogP) is 3.63. The second-order valence-electron chi connectivity index (χ2n) is 14.0. The third-order valence-electron chi connectivity index (χ3n) is 11.3. The van der Waals surface area contributed by atoms with Crippen LogP contribution in [0.5, 0.6) is 11.5 Å². The maximum Gasteiger partial charge on any atom is 0.330 e. The van der Waals surface area contributed by atoms with E-state index in [9.17, 15) is 25.2 Å². The molecule has 6 aliphatic rings. The van der Waals surface area contributed by atoms with Gasteiger partial charge in [-0.05, 0) is 79.5 Å². The van der Waals surface area contributed by atoms with Gasteiger partial charge in [0.2, 0.25) is 6.29 Å². The molecular weight excluding hydrogens is 660 g/mol. The Bertz CT molecular complexity index is 1530. The second-order valence-corrected chi connectivity index (χ2v) is 14.4. The molecule has 6 fully saturated rings. The molecule has 4 saturated carbocycles. The SMILES string of the molecule is COC(=O)/C=C/c1ccc(C2(OC)OOC23C2CC4CC(C2)CC3C4)c(Cl)c1OCc1ccc(O[C@@H]2OC(CO)C(O)(CO)CC2O)cc1. The van der Waals surface area contributed by atoms with Gasteiger partial charge >= 0.3 is 5.97 Å².